The van der Waals surface area contributed by atoms with E-state index in [4.69, 9.17) is 35.2 Å². The van der Waals surface area contributed by atoms with E-state index < -0.39 is 11.2 Å². The number of hydrogen-bond acceptors (Lipinski definition) is 2. The second-order valence-electron chi connectivity index (χ2n) is 2.60. The molecule has 2 heteroatoms. The number of ether oxygens (including phenoxy) is 2. The van der Waals surface area contributed by atoms with Crippen LogP contribution in [0.5, 0.6) is 0 Å². The van der Waals surface area contributed by atoms with Crippen LogP contribution in [-0.2, 0) is 9.47 Å². The average molecular weight is 210 g/mol. The third kappa shape index (κ3) is 2.61. The van der Waals surface area contributed by atoms with E-state index >= 15 is 0 Å². The third-order valence-electron chi connectivity index (χ3n) is 1.84. The Morgan fingerprint density at radius 2 is 0.938 bits per heavy atom. The summed E-state index contributed by atoms with van der Waals surface area (Å²) in [6, 6.07) is 0. The summed E-state index contributed by atoms with van der Waals surface area (Å²) >= 11 is 0. The summed E-state index contributed by atoms with van der Waals surface area (Å²) in [5.41, 5.74) is -2.89. The Labute approximate surface area is 96.7 Å². The van der Waals surface area contributed by atoms with Crippen molar-refractivity contribution in [2.75, 3.05) is 14.2 Å². The lowest BCUT2D eigenvalue weighted by Gasteiger charge is -2.16. The maximum atomic E-state index is 5.22. The molecule has 0 amide bonds. The molecule has 0 unspecified atom stereocenters. The van der Waals surface area contributed by atoms with Crippen LogP contribution in [0.3, 0.4) is 0 Å². The molecule has 16 heavy (non-hydrogen) atoms. The fraction of sp³-hybridized carbons (Fsp3) is 0.286. The summed E-state index contributed by atoms with van der Waals surface area (Å²) in [7, 11) is 2.68. The first-order valence-corrected chi connectivity index (χ1v) is 4.13. The second kappa shape index (κ2) is 5.56. The van der Waals surface area contributed by atoms with Gasteiger partial charge in [-0.05, 0) is 35.5 Å². The monoisotopic (exact) mass is 210 g/mol. The van der Waals surface area contributed by atoms with Gasteiger partial charge in [0.05, 0.1) is 0 Å². The number of rotatable bonds is 2. The van der Waals surface area contributed by atoms with Gasteiger partial charge >= 0.3 is 0 Å². The first-order chi connectivity index (χ1) is 7.57. The van der Waals surface area contributed by atoms with E-state index in [1.807, 2.05) is 0 Å². The predicted molar refractivity (Wildman–Crippen MR) is 62.6 cm³/mol. The van der Waals surface area contributed by atoms with E-state index in [9.17, 15) is 0 Å². The van der Waals surface area contributed by atoms with Gasteiger partial charge in [0.25, 0.3) is 11.2 Å². The second-order valence-corrected chi connectivity index (χ2v) is 2.60. The van der Waals surface area contributed by atoms with Crippen molar-refractivity contribution < 1.29 is 9.47 Å². The molecule has 78 valence electrons. The Morgan fingerprint density at radius 1 is 0.688 bits per heavy atom. The van der Waals surface area contributed by atoms with Gasteiger partial charge in [-0.25, -0.2) is 0 Å². The van der Waals surface area contributed by atoms with E-state index in [1.54, 1.807) is 0 Å². The lowest BCUT2D eigenvalue weighted by atomic mass is 10.0. The van der Waals surface area contributed by atoms with Gasteiger partial charge in [0.1, 0.15) is 0 Å². The molecule has 0 atom stereocenters. The van der Waals surface area contributed by atoms with Gasteiger partial charge in [-0.3, -0.25) is 0 Å². The van der Waals surface area contributed by atoms with Crippen molar-refractivity contribution >= 4 is 0 Å². The lowest BCUT2D eigenvalue weighted by molar-refractivity contribution is 0.130. The molecule has 0 heterocycles. The molecule has 0 aliphatic rings. The van der Waals surface area contributed by atoms with Crippen LogP contribution in [0, 0.1) is 61.2 Å². The van der Waals surface area contributed by atoms with E-state index in [-0.39, 0.29) is 0 Å². The van der Waals surface area contributed by atoms with Crippen LogP contribution >= 0.6 is 0 Å². The molecule has 0 aliphatic heterocycles. The molecule has 0 aliphatic carbocycles. The van der Waals surface area contributed by atoms with Crippen LogP contribution in [0.1, 0.15) is 0 Å². The molecule has 0 saturated carbocycles. The van der Waals surface area contributed by atoms with Crippen LogP contribution < -0.4 is 0 Å². The van der Waals surface area contributed by atoms with Crippen molar-refractivity contribution in [2.45, 2.75) is 11.2 Å². The van der Waals surface area contributed by atoms with Crippen LogP contribution in [0.2, 0.25) is 0 Å². The van der Waals surface area contributed by atoms with E-state index in [1.165, 1.54) is 14.2 Å². The highest BCUT2D eigenvalue weighted by Gasteiger charge is 2.25. The third-order valence-corrected chi connectivity index (χ3v) is 1.84. The largest absolute Gasteiger partial charge is 0.345 e. The minimum absolute atomic E-state index is 1.34. The molecule has 0 rings (SSSR count). The van der Waals surface area contributed by atoms with E-state index in [0.717, 1.165) is 0 Å². The summed E-state index contributed by atoms with van der Waals surface area (Å²) in [5, 5.41) is 0. The van der Waals surface area contributed by atoms with Crippen molar-refractivity contribution in [2.24, 2.45) is 0 Å². The molecule has 0 fully saturated rings. The summed E-state index contributed by atoms with van der Waals surface area (Å²) < 4.78 is 9.85. The van der Waals surface area contributed by atoms with Crippen molar-refractivity contribution in [3.05, 3.63) is 0 Å². The van der Waals surface area contributed by atoms with Gasteiger partial charge in [0, 0.05) is 14.2 Å². The molecule has 2 nitrogen and oxygen atoms in total. The quantitative estimate of drug-likeness (QED) is 0.610. The van der Waals surface area contributed by atoms with Gasteiger partial charge in [0.2, 0.25) is 0 Å². The number of terminal acetylenes is 4. The molecule has 0 aromatic rings. The summed E-state index contributed by atoms with van der Waals surface area (Å²) in [5.74, 6) is 14.0. The zero-order valence-corrected chi connectivity index (χ0v) is 9.13. The standard InChI is InChI=1S/C14H10O2/c1-7-13(8-2,15-5)11-12-14(9-3,10-4)16-6/h1-4H,5-6H3. The molecular formula is C14H10O2. The zero-order valence-electron chi connectivity index (χ0n) is 9.13. The topological polar surface area (TPSA) is 18.5 Å². The zero-order chi connectivity index (χ0) is 12.7. The van der Waals surface area contributed by atoms with Crippen molar-refractivity contribution in [3.63, 3.8) is 0 Å². The Hall–Kier alpha value is -2.28. The normalized spacial score (nSPS) is 9.62. The van der Waals surface area contributed by atoms with Gasteiger partial charge in [-0.15, -0.1) is 25.7 Å². The van der Waals surface area contributed by atoms with Crippen LogP contribution in [0.15, 0.2) is 0 Å². The Kier molecular flexibility index (Phi) is 4.77. The maximum Gasteiger partial charge on any atom is 0.253 e. The van der Waals surface area contributed by atoms with E-state index in [2.05, 4.69) is 35.5 Å². The molecule has 0 bridgehead atoms. The van der Waals surface area contributed by atoms with Crippen molar-refractivity contribution in [3.8, 4) is 61.2 Å². The summed E-state index contributed by atoms with van der Waals surface area (Å²) in [6.45, 7) is 0. The molecule has 0 aromatic heterocycles. The SMILES string of the molecule is C#CC(C#C)(C#CC(C#C)(C#C)OC)OC. The summed E-state index contributed by atoms with van der Waals surface area (Å²) in [6.07, 6.45) is 20.9. The Morgan fingerprint density at radius 3 is 1.06 bits per heavy atom. The van der Waals surface area contributed by atoms with Gasteiger partial charge < -0.3 is 9.47 Å². The summed E-state index contributed by atoms with van der Waals surface area (Å²) in [4.78, 5) is 0. The predicted octanol–water partition coefficient (Wildman–Crippen LogP) is 0.293. The minimum atomic E-state index is -1.45. The van der Waals surface area contributed by atoms with Crippen molar-refractivity contribution in [1.29, 1.82) is 0 Å². The first kappa shape index (κ1) is 13.7. The van der Waals surface area contributed by atoms with Gasteiger partial charge in [0.15, 0.2) is 0 Å². The first-order valence-electron chi connectivity index (χ1n) is 4.13. The molecule has 0 N–H and O–H groups in total. The van der Waals surface area contributed by atoms with Crippen LogP contribution in [0.25, 0.3) is 0 Å². The average Bonchev–Trinajstić information content (AvgIpc) is 2.37. The molecule has 0 radical (unpaired) electrons. The maximum absolute atomic E-state index is 5.22. The molecule has 0 aromatic carbocycles. The molecule has 0 saturated heterocycles. The molecule has 0 spiro atoms. The fourth-order valence-electron chi connectivity index (χ4n) is 0.741. The number of methoxy groups -OCH3 is 2. The Bertz CT molecular complexity index is 403. The lowest BCUT2D eigenvalue weighted by Crippen LogP contribution is -2.29. The fourth-order valence-corrected chi connectivity index (χ4v) is 0.741. The highest BCUT2D eigenvalue weighted by molar-refractivity contribution is 5.47. The highest BCUT2D eigenvalue weighted by Crippen LogP contribution is 2.09. The highest BCUT2D eigenvalue weighted by atomic mass is 16.5. The number of hydrogen-bond donors (Lipinski definition) is 0. The smallest absolute Gasteiger partial charge is 0.253 e. The van der Waals surface area contributed by atoms with Crippen molar-refractivity contribution in [1.82, 2.24) is 0 Å². The van der Waals surface area contributed by atoms with Gasteiger partial charge in [-0.2, -0.15) is 0 Å². The van der Waals surface area contributed by atoms with Gasteiger partial charge in [-0.1, -0.05) is 0 Å². The minimum Gasteiger partial charge on any atom is -0.345 e. The van der Waals surface area contributed by atoms with Crippen LogP contribution in [0.4, 0.5) is 0 Å². The van der Waals surface area contributed by atoms with Crippen LogP contribution in [-0.4, -0.2) is 25.4 Å². The van der Waals surface area contributed by atoms with E-state index in [0.29, 0.717) is 0 Å². The Balaban J connectivity index is 5.47. The molecular weight excluding hydrogens is 200 g/mol.